The van der Waals surface area contributed by atoms with E-state index in [0.717, 1.165) is 16.7 Å². The maximum absolute atomic E-state index is 12.7. The minimum Gasteiger partial charge on any atom is -0.494 e. The molecule has 0 N–H and O–H groups in total. The third kappa shape index (κ3) is 4.49. The highest BCUT2D eigenvalue weighted by molar-refractivity contribution is 7.12. The molecule has 0 amide bonds. The minimum absolute atomic E-state index is 0.246. The highest BCUT2D eigenvalue weighted by Crippen LogP contribution is 2.29. The smallest absolute Gasteiger partial charge is 0.349 e. The summed E-state index contributed by atoms with van der Waals surface area (Å²) in [6.45, 7) is 6.07. The Morgan fingerprint density at radius 1 is 1.00 bits per heavy atom. The molecule has 0 fully saturated rings. The lowest BCUT2D eigenvalue weighted by molar-refractivity contribution is 0.0324. The number of aryl methyl sites for hydroxylation is 1. The van der Waals surface area contributed by atoms with E-state index in [9.17, 15) is 9.59 Å². The van der Waals surface area contributed by atoms with Crippen LogP contribution in [0.3, 0.4) is 0 Å². The van der Waals surface area contributed by atoms with E-state index < -0.39 is 12.1 Å². The number of hydrogen-bond acceptors (Lipinski definition) is 5. The van der Waals surface area contributed by atoms with Crippen LogP contribution in [0.2, 0.25) is 0 Å². The van der Waals surface area contributed by atoms with Gasteiger partial charge in [-0.3, -0.25) is 4.79 Å². The molecule has 0 saturated heterocycles. The van der Waals surface area contributed by atoms with Crippen LogP contribution in [0.4, 0.5) is 0 Å². The highest BCUT2D eigenvalue weighted by Gasteiger charge is 2.23. The van der Waals surface area contributed by atoms with E-state index in [1.807, 2.05) is 49.6 Å². The third-order valence-electron chi connectivity index (χ3n) is 4.32. The molecular formula is C23H22O4S. The van der Waals surface area contributed by atoms with Crippen LogP contribution >= 0.6 is 11.3 Å². The summed E-state index contributed by atoms with van der Waals surface area (Å²) in [7, 11) is 0. The fourth-order valence-electron chi connectivity index (χ4n) is 2.81. The maximum Gasteiger partial charge on any atom is 0.349 e. The number of ketones is 1. The Labute approximate surface area is 168 Å². The summed E-state index contributed by atoms with van der Waals surface area (Å²) in [5.74, 6) is -0.0350. The Bertz CT molecular complexity index is 955. The highest BCUT2D eigenvalue weighted by atomic mass is 32.1. The normalized spacial score (nSPS) is 11.7. The number of hydrogen-bond donors (Lipinski definition) is 0. The Kier molecular flexibility index (Phi) is 6.26. The zero-order valence-corrected chi connectivity index (χ0v) is 16.9. The number of Topliss-reactive ketones (excluding diaryl/α,β-unsaturated/α-hetero) is 1. The van der Waals surface area contributed by atoms with Crippen LogP contribution < -0.4 is 4.74 Å². The number of carbonyl (C=O) groups is 2. The number of rotatable bonds is 7. The Morgan fingerprint density at radius 2 is 1.68 bits per heavy atom. The minimum atomic E-state index is -0.876. The number of ether oxygens (including phenoxy) is 2. The number of thiophene rings is 1. The van der Waals surface area contributed by atoms with Crippen molar-refractivity contribution in [2.75, 3.05) is 6.61 Å². The topological polar surface area (TPSA) is 52.6 Å². The molecule has 0 bridgehead atoms. The van der Waals surface area contributed by atoms with Crippen molar-refractivity contribution in [2.45, 2.75) is 26.9 Å². The van der Waals surface area contributed by atoms with Crippen molar-refractivity contribution in [1.82, 2.24) is 0 Å². The molecule has 0 aliphatic heterocycles. The standard InChI is InChI=1S/C23H22O4S/c1-4-26-19-11-9-18(10-12-19)21(24)16(3)27-23(25)22-20(13-14-28-22)17-7-5-15(2)6-8-17/h5-14,16H,4H2,1-3H3/t16-/m1/s1. The van der Waals surface area contributed by atoms with Gasteiger partial charge in [-0.25, -0.2) is 4.79 Å². The Morgan fingerprint density at radius 3 is 2.32 bits per heavy atom. The summed E-state index contributed by atoms with van der Waals surface area (Å²) in [5.41, 5.74) is 3.39. The molecule has 1 atom stereocenters. The molecule has 0 unspecified atom stereocenters. The monoisotopic (exact) mass is 394 g/mol. The van der Waals surface area contributed by atoms with Crippen molar-refractivity contribution in [1.29, 1.82) is 0 Å². The van der Waals surface area contributed by atoms with Gasteiger partial charge in [0.15, 0.2) is 6.10 Å². The van der Waals surface area contributed by atoms with E-state index in [1.54, 1.807) is 31.2 Å². The second-order valence-corrected chi connectivity index (χ2v) is 7.31. The maximum atomic E-state index is 12.7. The van der Waals surface area contributed by atoms with Crippen LogP contribution in [0.1, 0.15) is 39.4 Å². The molecule has 5 heteroatoms. The van der Waals surface area contributed by atoms with E-state index in [2.05, 4.69) is 0 Å². The lowest BCUT2D eigenvalue weighted by Gasteiger charge is -2.13. The molecule has 0 radical (unpaired) electrons. The quantitative estimate of drug-likeness (QED) is 0.389. The number of benzene rings is 2. The van der Waals surface area contributed by atoms with Crippen molar-refractivity contribution in [3.63, 3.8) is 0 Å². The summed E-state index contributed by atoms with van der Waals surface area (Å²) in [6.07, 6.45) is -0.876. The lowest BCUT2D eigenvalue weighted by Crippen LogP contribution is -2.24. The van der Waals surface area contributed by atoms with Crippen molar-refractivity contribution in [3.05, 3.63) is 76.0 Å². The van der Waals surface area contributed by atoms with Crippen LogP contribution in [0.5, 0.6) is 5.75 Å². The molecule has 0 saturated carbocycles. The van der Waals surface area contributed by atoms with Crippen LogP contribution in [-0.2, 0) is 4.74 Å². The van der Waals surface area contributed by atoms with Gasteiger partial charge in [0.1, 0.15) is 10.6 Å². The Hall–Kier alpha value is -2.92. The average Bonchev–Trinajstić information content (AvgIpc) is 3.19. The molecule has 3 aromatic rings. The van der Waals surface area contributed by atoms with Crippen molar-refractivity contribution in [3.8, 4) is 16.9 Å². The van der Waals surface area contributed by atoms with Crippen LogP contribution in [0.15, 0.2) is 60.0 Å². The second kappa shape index (κ2) is 8.85. The first-order valence-corrected chi connectivity index (χ1v) is 10.00. The predicted molar refractivity (Wildman–Crippen MR) is 111 cm³/mol. The van der Waals surface area contributed by atoms with Gasteiger partial charge in [-0.2, -0.15) is 0 Å². The summed E-state index contributed by atoms with van der Waals surface area (Å²) in [5, 5.41) is 1.85. The zero-order valence-electron chi connectivity index (χ0n) is 16.1. The SMILES string of the molecule is CCOc1ccc(C(=O)[C@@H](C)OC(=O)c2sccc2-c2ccc(C)cc2)cc1. The van der Waals surface area contributed by atoms with Gasteiger partial charge in [-0.15, -0.1) is 11.3 Å². The van der Waals surface area contributed by atoms with Gasteiger partial charge in [-0.05, 0) is 62.0 Å². The fourth-order valence-corrected chi connectivity index (χ4v) is 3.61. The van der Waals surface area contributed by atoms with Gasteiger partial charge in [-0.1, -0.05) is 29.8 Å². The number of esters is 1. The summed E-state index contributed by atoms with van der Waals surface area (Å²) in [4.78, 5) is 25.8. The number of carbonyl (C=O) groups excluding carboxylic acids is 2. The van der Waals surface area contributed by atoms with Crippen molar-refractivity contribution >= 4 is 23.1 Å². The van der Waals surface area contributed by atoms with E-state index >= 15 is 0 Å². The Balaban J connectivity index is 1.71. The molecule has 1 aromatic heterocycles. The summed E-state index contributed by atoms with van der Waals surface area (Å²) < 4.78 is 10.8. The molecule has 0 aliphatic carbocycles. The molecule has 1 heterocycles. The van der Waals surface area contributed by atoms with Gasteiger partial charge >= 0.3 is 5.97 Å². The molecule has 28 heavy (non-hydrogen) atoms. The van der Waals surface area contributed by atoms with Gasteiger partial charge < -0.3 is 9.47 Å². The molecule has 2 aromatic carbocycles. The predicted octanol–water partition coefficient (Wildman–Crippen LogP) is 5.55. The van der Waals surface area contributed by atoms with Crippen molar-refractivity contribution < 1.29 is 19.1 Å². The molecule has 0 spiro atoms. The average molecular weight is 394 g/mol. The lowest BCUT2D eigenvalue weighted by atomic mass is 10.0. The summed E-state index contributed by atoms with van der Waals surface area (Å²) in [6, 6.07) is 16.7. The van der Waals surface area contributed by atoms with E-state index in [-0.39, 0.29) is 5.78 Å². The van der Waals surface area contributed by atoms with E-state index in [0.29, 0.717) is 22.8 Å². The van der Waals surface area contributed by atoms with Gasteiger partial charge in [0.2, 0.25) is 5.78 Å². The molecule has 144 valence electrons. The first-order chi connectivity index (χ1) is 13.5. The van der Waals surface area contributed by atoms with E-state index in [1.165, 1.54) is 11.3 Å². The molecular weight excluding hydrogens is 372 g/mol. The van der Waals surface area contributed by atoms with Crippen LogP contribution in [0.25, 0.3) is 11.1 Å². The molecule has 0 aliphatic rings. The second-order valence-electron chi connectivity index (χ2n) is 6.40. The zero-order chi connectivity index (χ0) is 20.1. The third-order valence-corrected chi connectivity index (χ3v) is 5.21. The largest absolute Gasteiger partial charge is 0.494 e. The van der Waals surface area contributed by atoms with Crippen molar-refractivity contribution in [2.24, 2.45) is 0 Å². The first-order valence-electron chi connectivity index (χ1n) is 9.12. The van der Waals surface area contributed by atoms with Gasteiger partial charge in [0.05, 0.1) is 6.61 Å². The van der Waals surface area contributed by atoms with Gasteiger partial charge in [0, 0.05) is 11.1 Å². The van der Waals surface area contributed by atoms with Crippen LogP contribution in [0, 0.1) is 6.92 Å². The van der Waals surface area contributed by atoms with Gasteiger partial charge in [0.25, 0.3) is 0 Å². The first kappa shape index (κ1) is 19.8. The summed E-state index contributed by atoms with van der Waals surface area (Å²) >= 11 is 1.31. The molecule has 3 rings (SSSR count). The molecule has 4 nitrogen and oxygen atoms in total. The fraction of sp³-hybridized carbons (Fsp3) is 0.217. The van der Waals surface area contributed by atoms with E-state index in [4.69, 9.17) is 9.47 Å². The van der Waals surface area contributed by atoms with Crippen LogP contribution in [-0.4, -0.2) is 24.5 Å².